The number of sulfonamides is 1. The first kappa shape index (κ1) is 19.1. The molecule has 0 saturated heterocycles. The molecule has 1 unspecified atom stereocenters. The quantitative estimate of drug-likeness (QED) is 0.734. The van der Waals surface area contributed by atoms with E-state index in [1.165, 1.54) is 31.2 Å². The van der Waals surface area contributed by atoms with Gasteiger partial charge in [-0.3, -0.25) is 9.59 Å². The van der Waals surface area contributed by atoms with Gasteiger partial charge in [0.2, 0.25) is 10.0 Å². The predicted octanol–water partition coefficient (Wildman–Crippen LogP) is 1.65. The van der Waals surface area contributed by atoms with Gasteiger partial charge in [0.05, 0.1) is 4.90 Å². The Hall–Kier alpha value is -1.93. The molecule has 1 atom stereocenters. The molecule has 0 aliphatic carbocycles. The molecule has 0 heterocycles. The maximum atomic E-state index is 12.0. The van der Waals surface area contributed by atoms with Gasteiger partial charge in [-0.15, -0.1) is 0 Å². The largest absolute Gasteiger partial charge is 0.453 e. The third kappa shape index (κ3) is 5.99. The minimum Gasteiger partial charge on any atom is -0.453 e. The van der Waals surface area contributed by atoms with E-state index in [0.29, 0.717) is 5.69 Å². The number of esters is 1. The second-order valence-corrected chi connectivity index (χ2v) is 6.99. The van der Waals surface area contributed by atoms with E-state index in [0.717, 1.165) is 0 Å². The maximum absolute atomic E-state index is 12.0. The Morgan fingerprint density at radius 3 is 2.17 bits per heavy atom. The van der Waals surface area contributed by atoms with E-state index in [-0.39, 0.29) is 17.4 Å². The normalized spacial score (nSPS) is 12.7. The number of ether oxygens (including phenoxy) is 1. The van der Waals surface area contributed by atoms with E-state index >= 15 is 0 Å². The van der Waals surface area contributed by atoms with Gasteiger partial charge < -0.3 is 10.1 Å². The van der Waals surface area contributed by atoms with E-state index < -0.39 is 28.0 Å². The van der Waals surface area contributed by atoms with Crippen LogP contribution in [0.5, 0.6) is 0 Å². The summed E-state index contributed by atoms with van der Waals surface area (Å²) in [6.45, 7) is 6.56. The number of hydrogen-bond acceptors (Lipinski definition) is 5. The lowest BCUT2D eigenvalue weighted by molar-refractivity contribution is -0.152. The van der Waals surface area contributed by atoms with E-state index in [1.807, 2.05) is 0 Å². The molecular weight excluding hydrogens is 320 g/mol. The zero-order valence-electron chi connectivity index (χ0n) is 13.6. The van der Waals surface area contributed by atoms with Crippen molar-refractivity contribution in [2.45, 2.75) is 51.2 Å². The zero-order chi connectivity index (χ0) is 17.6. The Bertz CT molecular complexity index is 653. The maximum Gasteiger partial charge on any atom is 0.306 e. The fraction of sp³-hybridized carbons (Fsp3) is 0.467. The van der Waals surface area contributed by atoms with E-state index in [9.17, 15) is 18.0 Å². The summed E-state index contributed by atoms with van der Waals surface area (Å²) in [6, 6.07) is 5.52. The van der Waals surface area contributed by atoms with Gasteiger partial charge in [0.25, 0.3) is 5.91 Å². The van der Waals surface area contributed by atoms with Crippen LogP contribution >= 0.6 is 0 Å². The summed E-state index contributed by atoms with van der Waals surface area (Å²) in [5.41, 5.74) is 0.415. The van der Waals surface area contributed by atoms with Gasteiger partial charge in [-0.25, -0.2) is 13.1 Å². The summed E-state index contributed by atoms with van der Waals surface area (Å²) in [5.74, 6) is -0.948. The van der Waals surface area contributed by atoms with E-state index in [1.54, 1.807) is 20.8 Å². The molecule has 1 aromatic rings. The van der Waals surface area contributed by atoms with Gasteiger partial charge in [-0.2, -0.15) is 0 Å². The average Bonchev–Trinajstić information content (AvgIpc) is 2.46. The first-order valence-corrected chi connectivity index (χ1v) is 8.76. The van der Waals surface area contributed by atoms with Gasteiger partial charge >= 0.3 is 5.97 Å². The van der Waals surface area contributed by atoms with Crippen molar-refractivity contribution in [3.8, 4) is 0 Å². The Kier molecular flexibility index (Phi) is 6.71. The number of carbonyl (C=O) groups is 2. The number of rotatable bonds is 7. The SMILES string of the molecule is CCC(=O)OC(C)C(=O)Nc1ccc(S(=O)(=O)NC(C)C)cc1. The highest BCUT2D eigenvalue weighted by atomic mass is 32.2. The van der Waals surface area contributed by atoms with Crippen molar-refractivity contribution >= 4 is 27.6 Å². The van der Waals surface area contributed by atoms with Crippen molar-refractivity contribution in [3.05, 3.63) is 24.3 Å². The second kappa shape index (κ2) is 8.07. The fourth-order valence-electron chi connectivity index (χ4n) is 1.67. The van der Waals surface area contributed by atoms with Gasteiger partial charge in [-0.05, 0) is 45.0 Å². The summed E-state index contributed by atoms with van der Waals surface area (Å²) < 4.78 is 31.3. The molecule has 128 valence electrons. The second-order valence-electron chi connectivity index (χ2n) is 5.28. The van der Waals surface area contributed by atoms with Crippen molar-refractivity contribution in [3.63, 3.8) is 0 Å². The first-order chi connectivity index (χ1) is 10.7. The molecule has 23 heavy (non-hydrogen) atoms. The highest BCUT2D eigenvalue weighted by molar-refractivity contribution is 7.89. The number of amides is 1. The average molecular weight is 342 g/mol. The van der Waals surface area contributed by atoms with Crippen molar-refractivity contribution in [2.75, 3.05) is 5.32 Å². The van der Waals surface area contributed by atoms with E-state index in [2.05, 4.69) is 10.0 Å². The number of hydrogen-bond donors (Lipinski definition) is 2. The third-order valence-electron chi connectivity index (χ3n) is 2.79. The summed E-state index contributed by atoms with van der Waals surface area (Å²) >= 11 is 0. The molecule has 1 aromatic carbocycles. The fourth-order valence-corrected chi connectivity index (χ4v) is 2.92. The minimum absolute atomic E-state index is 0.106. The Morgan fingerprint density at radius 1 is 1.13 bits per heavy atom. The Labute approximate surface area is 136 Å². The number of anilines is 1. The molecule has 0 aromatic heterocycles. The van der Waals surface area contributed by atoms with Crippen molar-refractivity contribution in [1.82, 2.24) is 4.72 Å². The molecule has 0 aliphatic rings. The van der Waals surface area contributed by atoms with Crippen LogP contribution in [0.25, 0.3) is 0 Å². The summed E-state index contributed by atoms with van der Waals surface area (Å²) in [5, 5.41) is 2.56. The monoisotopic (exact) mass is 342 g/mol. The molecule has 2 N–H and O–H groups in total. The molecule has 8 heteroatoms. The molecule has 1 rings (SSSR count). The third-order valence-corrected chi connectivity index (χ3v) is 4.46. The summed E-state index contributed by atoms with van der Waals surface area (Å²) in [4.78, 5) is 23.1. The standard InChI is InChI=1S/C15H22N2O5S/c1-5-14(18)22-11(4)15(19)16-12-6-8-13(9-7-12)23(20,21)17-10(2)3/h6-11,17H,5H2,1-4H3,(H,16,19). The molecule has 0 spiro atoms. The highest BCUT2D eigenvalue weighted by Crippen LogP contribution is 2.15. The van der Waals surface area contributed by atoms with Gasteiger partial charge in [0.1, 0.15) is 0 Å². The predicted molar refractivity (Wildman–Crippen MR) is 86.4 cm³/mol. The molecule has 1 amide bonds. The van der Waals surface area contributed by atoms with Gasteiger partial charge in [-0.1, -0.05) is 6.92 Å². The van der Waals surface area contributed by atoms with E-state index in [4.69, 9.17) is 4.74 Å². The Morgan fingerprint density at radius 2 is 1.70 bits per heavy atom. The van der Waals surface area contributed by atoms with Crippen LogP contribution < -0.4 is 10.0 Å². The summed E-state index contributed by atoms with van der Waals surface area (Å²) in [6.07, 6.45) is -0.735. The van der Waals surface area contributed by atoms with Crippen LogP contribution in [-0.2, 0) is 24.3 Å². The first-order valence-electron chi connectivity index (χ1n) is 7.28. The zero-order valence-corrected chi connectivity index (χ0v) is 14.4. The van der Waals surface area contributed by atoms with Crippen molar-refractivity contribution in [1.29, 1.82) is 0 Å². The lowest BCUT2D eigenvalue weighted by Gasteiger charge is -2.13. The number of carbonyl (C=O) groups excluding carboxylic acids is 2. The topological polar surface area (TPSA) is 102 Å². The van der Waals surface area contributed by atoms with Crippen LogP contribution in [0.3, 0.4) is 0 Å². The van der Waals surface area contributed by atoms with Crippen LogP contribution in [0.2, 0.25) is 0 Å². The molecule has 0 radical (unpaired) electrons. The van der Waals surface area contributed by atoms with Gasteiger partial charge in [0.15, 0.2) is 6.10 Å². The molecule has 0 bridgehead atoms. The van der Waals surface area contributed by atoms with Crippen LogP contribution in [0, 0.1) is 0 Å². The molecule has 0 aliphatic heterocycles. The number of benzene rings is 1. The van der Waals surface area contributed by atoms with Crippen LogP contribution in [0.4, 0.5) is 5.69 Å². The highest BCUT2D eigenvalue weighted by Gasteiger charge is 2.18. The van der Waals surface area contributed by atoms with Crippen LogP contribution in [0.15, 0.2) is 29.2 Å². The van der Waals surface area contributed by atoms with Gasteiger partial charge in [0, 0.05) is 18.2 Å². The Balaban J connectivity index is 2.74. The smallest absolute Gasteiger partial charge is 0.306 e. The van der Waals surface area contributed by atoms with Crippen molar-refractivity contribution in [2.24, 2.45) is 0 Å². The van der Waals surface area contributed by atoms with Crippen molar-refractivity contribution < 1.29 is 22.7 Å². The molecule has 0 fully saturated rings. The molecule has 7 nitrogen and oxygen atoms in total. The minimum atomic E-state index is -3.57. The lowest BCUT2D eigenvalue weighted by Crippen LogP contribution is -2.30. The van der Waals surface area contributed by atoms with Crippen LogP contribution in [-0.4, -0.2) is 32.4 Å². The van der Waals surface area contributed by atoms with Crippen LogP contribution in [0.1, 0.15) is 34.1 Å². The number of nitrogens with one attached hydrogen (secondary N) is 2. The lowest BCUT2D eigenvalue weighted by atomic mass is 10.3. The molecule has 0 saturated carbocycles. The summed E-state index contributed by atoms with van der Waals surface area (Å²) in [7, 11) is -3.57. The molecular formula is C15H22N2O5S.